The van der Waals surface area contributed by atoms with E-state index in [-0.39, 0.29) is 11.7 Å². The molecule has 0 saturated heterocycles. The number of thioether (sulfide) groups is 1. The molecular formula is C26H22ClN5O2S. The number of rotatable bonds is 9. The number of benzene rings is 3. The molecule has 7 nitrogen and oxygen atoms in total. The molecule has 0 aliphatic rings. The maximum absolute atomic E-state index is 12.3. The van der Waals surface area contributed by atoms with E-state index in [4.69, 9.17) is 16.3 Å². The second-order valence-corrected chi connectivity index (χ2v) is 8.60. The predicted molar refractivity (Wildman–Crippen MR) is 141 cm³/mol. The lowest BCUT2D eigenvalue weighted by molar-refractivity contribution is -0.118. The molecule has 0 radical (unpaired) electrons. The molecule has 0 saturated carbocycles. The van der Waals surface area contributed by atoms with Crippen LogP contribution in [0.1, 0.15) is 5.56 Å². The first-order chi connectivity index (χ1) is 17.1. The fourth-order valence-electron chi connectivity index (χ4n) is 3.15. The fourth-order valence-corrected chi connectivity index (χ4v) is 4.02. The van der Waals surface area contributed by atoms with Crippen molar-refractivity contribution in [3.63, 3.8) is 0 Å². The number of halogens is 1. The minimum atomic E-state index is -0.254. The summed E-state index contributed by atoms with van der Waals surface area (Å²) in [4.78, 5) is 12.3. The zero-order valence-corrected chi connectivity index (χ0v) is 20.4. The molecule has 0 atom stereocenters. The van der Waals surface area contributed by atoms with Crippen molar-refractivity contribution < 1.29 is 9.53 Å². The molecule has 1 N–H and O–H groups in total. The van der Waals surface area contributed by atoms with Gasteiger partial charge in [0.25, 0.3) is 5.91 Å². The highest BCUT2D eigenvalue weighted by Gasteiger charge is 2.17. The molecule has 3 aromatic carbocycles. The first kappa shape index (κ1) is 24.3. The van der Waals surface area contributed by atoms with Crippen LogP contribution < -0.4 is 10.2 Å². The van der Waals surface area contributed by atoms with Crippen molar-refractivity contribution in [1.82, 2.24) is 20.2 Å². The van der Waals surface area contributed by atoms with E-state index in [1.54, 1.807) is 25.3 Å². The lowest BCUT2D eigenvalue weighted by Gasteiger charge is -2.11. The van der Waals surface area contributed by atoms with Gasteiger partial charge in [0.15, 0.2) is 11.0 Å². The number of hydrazone groups is 1. The Labute approximate surface area is 212 Å². The molecule has 4 aromatic rings. The molecule has 0 spiro atoms. The SMILES string of the molecule is COc1ccc(-c2nnc(SCC(=O)NN=CC=Cc3ccccc3)n2-c2ccc(Cl)cc2)cc1. The van der Waals surface area contributed by atoms with Crippen LogP contribution in [0.15, 0.2) is 95.2 Å². The molecule has 0 aliphatic heterocycles. The largest absolute Gasteiger partial charge is 0.497 e. The van der Waals surface area contributed by atoms with E-state index in [1.807, 2.05) is 77.4 Å². The van der Waals surface area contributed by atoms with Crippen LogP contribution in [0.2, 0.25) is 5.02 Å². The highest BCUT2D eigenvalue weighted by Crippen LogP contribution is 2.29. The first-order valence-electron chi connectivity index (χ1n) is 10.7. The standard InChI is InChI=1S/C26H22ClN5O2S/c1-34-23-15-9-20(10-16-23)25-30-31-26(32(25)22-13-11-21(27)12-14-22)35-18-24(33)29-28-17-5-8-19-6-3-2-4-7-19/h2-17H,18H2,1H3,(H,29,33). The maximum atomic E-state index is 12.3. The Morgan fingerprint density at radius 3 is 2.51 bits per heavy atom. The van der Waals surface area contributed by atoms with E-state index in [0.717, 1.165) is 22.6 Å². The number of nitrogens with zero attached hydrogens (tertiary/aromatic N) is 4. The molecule has 0 bridgehead atoms. The highest BCUT2D eigenvalue weighted by atomic mass is 35.5. The number of nitrogens with one attached hydrogen (secondary N) is 1. The first-order valence-corrected chi connectivity index (χ1v) is 12.0. The molecule has 1 heterocycles. The number of carbonyl (C=O) groups excluding carboxylic acids is 1. The van der Waals surface area contributed by atoms with Gasteiger partial charge in [-0.05, 0) is 60.2 Å². The Balaban J connectivity index is 1.46. The molecule has 4 rings (SSSR count). The zero-order valence-electron chi connectivity index (χ0n) is 18.8. The molecular weight excluding hydrogens is 482 g/mol. The highest BCUT2D eigenvalue weighted by molar-refractivity contribution is 7.99. The summed E-state index contributed by atoms with van der Waals surface area (Å²) in [5.74, 6) is 1.25. The smallest absolute Gasteiger partial charge is 0.250 e. The third-order valence-corrected chi connectivity index (χ3v) is 6.02. The monoisotopic (exact) mass is 503 g/mol. The number of allylic oxidation sites excluding steroid dienone is 1. The third kappa shape index (κ3) is 6.59. The van der Waals surface area contributed by atoms with Gasteiger partial charge in [0.1, 0.15) is 5.75 Å². The van der Waals surface area contributed by atoms with Gasteiger partial charge in [-0.2, -0.15) is 5.10 Å². The van der Waals surface area contributed by atoms with Gasteiger partial charge in [-0.3, -0.25) is 9.36 Å². The van der Waals surface area contributed by atoms with Crippen molar-refractivity contribution in [3.05, 3.63) is 95.5 Å². The van der Waals surface area contributed by atoms with E-state index in [2.05, 4.69) is 20.7 Å². The molecule has 176 valence electrons. The number of ether oxygens (including phenoxy) is 1. The van der Waals surface area contributed by atoms with E-state index >= 15 is 0 Å². The average Bonchev–Trinajstić information content (AvgIpc) is 3.32. The van der Waals surface area contributed by atoms with Gasteiger partial charge in [0.05, 0.1) is 12.9 Å². The summed E-state index contributed by atoms with van der Waals surface area (Å²) in [6.45, 7) is 0. The van der Waals surface area contributed by atoms with E-state index < -0.39 is 0 Å². The second-order valence-electron chi connectivity index (χ2n) is 7.22. The summed E-state index contributed by atoms with van der Waals surface area (Å²) >= 11 is 7.35. The molecule has 1 aromatic heterocycles. The van der Waals surface area contributed by atoms with Gasteiger partial charge >= 0.3 is 0 Å². The quantitative estimate of drug-likeness (QED) is 0.185. The molecule has 0 unspecified atom stereocenters. The Morgan fingerprint density at radius 2 is 1.80 bits per heavy atom. The van der Waals surface area contributed by atoms with Gasteiger partial charge in [-0.15, -0.1) is 10.2 Å². The Hall–Kier alpha value is -3.88. The zero-order chi connectivity index (χ0) is 24.5. The lowest BCUT2D eigenvalue weighted by Crippen LogP contribution is -2.19. The van der Waals surface area contributed by atoms with Gasteiger partial charge in [0.2, 0.25) is 0 Å². The molecule has 1 amide bonds. The molecule has 0 aliphatic carbocycles. The summed E-state index contributed by atoms with van der Waals surface area (Å²) in [5.41, 5.74) is 5.27. The molecule has 35 heavy (non-hydrogen) atoms. The Morgan fingerprint density at radius 1 is 1.06 bits per heavy atom. The number of methoxy groups -OCH3 is 1. The van der Waals surface area contributed by atoms with Gasteiger partial charge in [-0.25, -0.2) is 5.43 Å². The van der Waals surface area contributed by atoms with Crippen LogP contribution in [-0.2, 0) is 4.79 Å². The summed E-state index contributed by atoms with van der Waals surface area (Å²) in [6, 6.07) is 24.7. The van der Waals surface area contributed by atoms with Crippen LogP contribution in [0, 0.1) is 0 Å². The summed E-state index contributed by atoms with van der Waals surface area (Å²) < 4.78 is 7.14. The average molecular weight is 504 g/mol. The minimum absolute atomic E-state index is 0.119. The third-order valence-electron chi connectivity index (χ3n) is 4.84. The number of hydrogen-bond acceptors (Lipinski definition) is 6. The number of aromatic nitrogens is 3. The van der Waals surface area contributed by atoms with E-state index in [1.165, 1.54) is 18.0 Å². The normalized spacial score (nSPS) is 11.3. The summed E-state index contributed by atoms with van der Waals surface area (Å²) in [5, 5.41) is 13.9. The summed E-state index contributed by atoms with van der Waals surface area (Å²) in [6.07, 6.45) is 5.20. The lowest BCUT2D eigenvalue weighted by atomic mass is 10.2. The Bertz CT molecular complexity index is 1320. The van der Waals surface area contributed by atoms with Crippen LogP contribution in [0.4, 0.5) is 0 Å². The number of hydrogen-bond donors (Lipinski definition) is 1. The van der Waals surface area contributed by atoms with E-state index in [0.29, 0.717) is 16.0 Å². The van der Waals surface area contributed by atoms with Crippen molar-refractivity contribution in [3.8, 4) is 22.8 Å². The predicted octanol–water partition coefficient (Wildman–Crippen LogP) is 5.50. The van der Waals surface area contributed by atoms with Crippen LogP contribution in [0.25, 0.3) is 23.2 Å². The van der Waals surface area contributed by atoms with Crippen molar-refractivity contribution in [2.24, 2.45) is 5.10 Å². The fraction of sp³-hybridized carbons (Fsp3) is 0.0769. The second kappa shape index (κ2) is 12.0. The van der Waals surface area contributed by atoms with Crippen molar-refractivity contribution in [2.45, 2.75) is 5.16 Å². The summed E-state index contributed by atoms with van der Waals surface area (Å²) in [7, 11) is 1.62. The van der Waals surface area contributed by atoms with Gasteiger partial charge in [-0.1, -0.05) is 59.8 Å². The van der Waals surface area contributed by atoms with Gasteiger partial charge in [0, 0.05) is 22.5 Å². The van der Waals surface area contributed by atoms with Crippen LogP contribution in [0.5, 0.6) is 5.75 Å². The number of carbonyl (C=O) groups is 1. The van der Waals surface area contributed by atoms with E-state index in [9.17, 15) is 4.79 Å². The molecule has 9 heteroatoms. The van der Waals surface area contributed by atoms with Crippen molar-refractivity contribution in [1.29, 1.82) is 0 Å². The van der Waals surface area contributed by atoms with Crippen molar-refractivity contribution >= 4 is 41.6 Å². The van der Waals surface area contributed by atoms with Crippen LogP contribution in [0.3, 0.4) is 0 Å². The topological polar surface area (TPSA) is 81.4 Å². The van der Waals surface area contributed by atoms with Crippen LogP contribution in [-0.4, -0.2) is 39.7 Å². The van der Waals surface area contributed by atoms with Crippen molar-refractivity contribution in [2.75, 3.05) is 12.9 Å². The maximum Gasteiger partial charge on any atom is 0.250 e. The van der Waals surface area contributed by atoms with Gasteiger partial charge < -0.3 is 4.74 Å². The minimum Gasteiger partial charge on any atom is -0.497 e. The number of amides is 1. The molecule has 0 fully saturated rings. The van der Waals surface area contributed by atoms with Crippen LogP contribution >= 0.6 is 23.4 Å². The Kier molecular flexibility index (Phi) is 8.32.